The van der Waals surface area contributed by atoms with Gasteiger partial charge in [0.15, 0.2) is 0 Å². The minimum atomic E-state index is 0.927. The highest BCUT2D eigenvalue weighted by Gasteiger charge is 2.48. The van der Waals surface area contributed by atoms with Crippen molar-refractivity contribution in [3.63, 3.8) is 0 Å². The lowest BCUT2D eigenvalue weighted by Gasteiger charge is -2.35. The second kappa shape index (κ2) is 5.87. The molecular weight excluding hydrogens is 324 g/mol. The standard InChI is InChI=1S/C27H36/c1-2-22(24-13-16-4-7-19(24)10-16)27(26-15-18-6-9-21(26)12-18)23(3-1)25-14-17-5-8-20(25)11-17/h1-3,16-21,24-26H,4-15H2/t16-,17-,18-,19+,20+,21+,24?,25?,26?/m1/s1. The van der Waals surface area contributed by atoms with E-state index in [9.17, 15) is 0 Å². The Morgan fingerprint density at radius 2 is 0.926 bits per heavy atom. The van der Waals surface area contributed by atoms with Crippen LogP contribution in [0.1, 0.15) is 111 Å². The van der Waals surface area contributed by atoms with Crippen LogP contribution in [0.25, 0.3) is 0 Å². The molecule has 9 atom stereocenters. The SMILES string of the molecule is c1cc(C2C[C@@H]3CC[C@H]2C3)c(C2C[C@@H]3CC[C@H]2C3)c(C2C[C@@H]3CC[C@H]2C3)c1. The largest absolute Gasteiger partial charge is 0.0617 e. The second-order valence-electron chi connectivity index (χ2n) is 11.7. The number of rotatable bonds is 3. The number of fused-ring (bicyclic) bond motifs is 6. The van der Waals surface area contributed by atoms with Gasteiger partial charge in [0.1, 0.15) is 0 Å². The van der Waals surface area contributed by atoms with Crippen molar-refractivity contribution in [2.24, 2.45) is 35.5 Å². The molecule has 6 bridgehead atoms. The Kier molecular flexibility index (Phi) is 3.49. The Hall–Kier alpha value is -0.780. The predicted octanol–water partition coefficient (Wildman–Crippen LogP) is 7.40. The Bertz CT molecular complexity index is 700. The maximum atomic E-state index is 2.61. The maximum absolute atomic E-state index is 2.61. The van der Waals surface area contributed by atoms with E-state index < -0.39 is 0 Å². The summed E-state index contributed by atoms with van der Waals surface area (Å²) in [6.07, 6.45) is 18.5. The van der Waals surface area contributed by atoms with Crippen LogP contribution in [-0.2, 0) is 0 Å². The highest BCUT2D eigenvalue weighted by atomic mass is 14.5. The summed E-state index contributed by atoms with van der Waals surface area (Å²) < 4.78 is 0. The summed E-state index contributed by atoms with van der Waals surface area (Å²) in [5.41, 5.74) is 5.71. The van der Waals surface area contributed by atoms with Crippen LogP contribution in [0.15, 0.2) is 18.2 Å². The summed E-state index contributed by atoms with van der Waals surface area (Å²) in [5.74, 6) is 9.09. The van der Waals surface area contributed by atoms with Gasteiger partial charge in [-0.25, -0.2) is 0 Å². The first-order chi connectivity index (χ1) is 13.3. The van der Waals surface area contributed by atoms with Gasteiger partial charge in [-0.15, -0.1) is 0 Å². The minimum Gasteiger partial charge on any atom is -0.0617 e. The maximum Gasteiger partial charge on any atom is -0.0125 e. The first-order valence-electron chi connectivity index (χ1n) is 12.5. The molecule has 6 fully saturated rings. The molecule has 0 saturated heterocycles. The average Bonchev–Trinajstić information content (AvgIpc) is 3.52. The lowest BCUT2D eigenvalue weighted by atomic mass is 9.70. The number of benzene rings is 1. The van der Waals surface area contributed by atoms with Crippen LogP contribution < -0.4 is 0 Å². The zero-order chi connectivity index (χ0) is 17.5. The van der Waals surface area contributed by atoms with Crippen LogP contribution in [0.3, 0.4) is 0 Å². The average molecular weight is 361 g/mol. The van der Waals surface area contributed by atoms with Crippen molar-refractivity contribution in [1.82, 2.24) is 0 Å². The number of hydrogen-bond donors (Lipinski definition) is 0. The van der Waals surface area contributed by atoms with E-state index in [4.69, 9.17) is 0 Å². The van der Waals surface area contributed by atoms with Gasteiger partial charge >= 0.3 is 0 Å². The van der Waals surface area contributed by atoms with E-state index in [1.165, 1.54) is 51.4 Å². The molecule has 0 amide bonds. The zero-order valence-electron chi connectivity index (χ0n) is 16.9. The normalized spacial score (nSPS) is 49.6. The molecule has 0 heterocycles. The van der Waals surface area contributed by atoms with Gasteiger partial charge in [0, 0.05) is 0 Å². The Labute approximate surface area is 165 Å². The van der Waals surface area contributed by atoms with Crippen LogP contribution in [-0.4, -0.2) is 0 Å². The van der Waals surface area contributed by atoms with Crippen molar-refractivity contribution in [2.75, 3.05) is 0 Å². The lowest BCUT2D eigenvalue weighted by molar-refractivity contribution is 0.380. The quantitative estimate of drug-likeness (QED) is 0.527. The molecule has 7 rings (SSSR count). The van der Waals surface area contributed by atoms with Crippen LogP contribution in [0, 0.1) is 35.5 Å². The third-order valence-corrected chi connectivity index (χ3v) is 10.6. The van der Waals surface area contributed by atoms with E-state index in [2.05, 4.69) is 18.2 Å². The fraction of sp³-hybridized carbons (Fsp3) is 0.778. The van der Waals surface area contributed by atoms with Gasteiger partial charge in [-0.1, -0.05) is 37.5 Å². The molecule has 0 N–H and O–H groups in total. The van der Waals surface area contributed by atoms with E-state index in [1.54, 1.807) is 25.7 Å². The molecule has 144 valence electrons. The highest BCUT2D eigenvalue weighted by Crippen LogP contribution is 2.61. The molecule has 0 nitrogen and oxygen atoms in total. The first kappa shape index (κ1) is 16.1. The van der Waals surface area contributed by atoms with Gasteiger partial charge in [0.2, 0.25) is 0 Å². The number of hydrogen-bond acceptors (Lipinski definition) is 0. The Balaban J connectivity index is 1.34. The van der Waals surface area contributed by atoms with Crippen molar-refractivity contribution < 1.29 is 0 Å². The zero-order valence-corrected chi connectivity index (χ0v) is 16.9. The Morgan fingerprint density at radius 3 is 1.30 bits per heavy atom. The summed E-state index contributed by atoms with van der Waals surface area (Å²) >= 11 is 0. The molecular formula is C27H36. The van der Waals surface area contributed by atoms with Crippen molar-refractivity contribution in [3.05, 3.63) is 34.9 Å². The molecule has 0 radical (unpaired) electrons. The van der Waals surface area contributed by atoms with E-state index in [0.717, 1.165) is 53.3 Å². The summed E-state index contributed by atoms with van der Waals surface area (Å²) in [6, 6.07) is 7.71. The molecule has 0 heteroatoms. The Morgan fingerprint density at radius 1 is 0.481 bits per heavy atom. The monoisotopic (exact) mass is 360 g/mol. The van der Waals surface area contributed by atoms with Crippen molar-refractivity contribution >= 4 is 0 Å². The van der Waals surface area contributed by atoms with Crippen molar-refractivity contribution in [1.29, 1.82) is 0 Å². The van der Waals surface area contributed by atoms with Crippen molar-refractivity contribution in [3.8, 4) is 0 Å². The lowest BCUT2D eigenvalue weighted by Crippen LogP contribution is -2.20. The van der Waals surface area contributed by atoms with E-state index in [-0.39, 0.29) is 0 Å². The van der Waals surface area contributed by atoms with Crippen LogP contribution in [0.4, 0.5) is 0 Å². The fourth-order valence-electron chi connectivity index (χ4n) is 9.53. The molecule has 6 aliphatic rings. The van der Waals surface area contributed by atoms with Gasteiger partial charge in [0.25, 0.3) is 0 Å². The third kappa shape index (κ3) is 2.34. The van der Waals surface area contributed by atoms with Crippen LogP contribution in [0.5, 0.6) is 0 Å². The van der Waals surface area contributed by atoms with E-state index in [0.29, 0.717) is 0 Å². The van der Waals surface area contributed by atoms with Crippen molar-refractivity contribution in [2.45, 2.75) is 94.8 Å². The van der Waals surface area contributed by atoms with Gasteiger partial charge in [-0.2, -0.15) is 0 Å². The van der Waals surface area contributed by atoms with E-state index in [1.807, 2.05) is 16.7 Å². The summed E-state index contributed by atoms with van der Waals surface area (Å²) in [6.45, 7) is 0. The summed E-state index contributed by atoms with van der Waals surface area (Å²) in [7, 11) is 0. The molecule has 1 aromatic carbocycles. The van der Waals surface area contributed by atoms with Crippen LogP contribution >= 0.6 is 0 Å². The third-order valence-electron chi connectivity index (χ3n) is 10.6. The topological polar surface area (TPSA) is 0 Å². The molecule has 1 aromatic rings. The van der Waals surface area contributed by atoms with Gasteiger partial charge in [0.05, 0.1) is 0 Å². The van der Waals surface area contributed by atoms with Gasteiger partial charge in [-0.05, 0) is 128 Å². The first-order valence-corrected chi connectivity index (χ1v) is 12.5. The molecule has 27 heavy (non-hydrogen) atoms. The van der Waals surface area contributed by atoms with Gasteiger partial charge in [-0.3, -0.25) is 0 Å². The second-order valence-corrected chi connectivity index (χ2v) is 11.7. The fourth-order valence-corrected chi connectivity index (χ4v) is 9.53. The molecule has 6 aliphatic carbocycles. The molecule has 0 aliphatic heterocycles. The molecule has 0 aromatic heterocycles. The van der Waals surface area contributed by atoms with Gasteiger partial charge < -0.3 is 0 Å². The summed E-state index contributed by atoms with van der Waals surface area (Å²) in [5, 5.41) is 0. The molecule has 0 spiro atoms. The summed E-state index contributed by atoms with van der Waals surface area (Å²) in [4.78, 5) is 0. The smallest absolute Gasteiger partial charge is 0.0125 e. The molecule has 6 saturated carbocycles. The van der Waals surface area contributed by atoms with Crippen LogP contribution in [0.2, 0.25) is 0 Å². The highest BCUT2D eigenvalue weighted by molar-refractivity contribution is 5.45. The van der Waals surface area contributed by atoms with E-state index >= 15 is 0 Å². The molecule has 3 unspecified atom stereocenters. The predicted molar refractivity (Wildman–Crippen MR) is 111 cm³/mol. The minimum absolute atomic E-state index is 0.927.